The molecule has 0 fully saturated rings. The van der Waals surface area contributed by atoms with Gasteiger partial charge in [0.2, 0.25) is 0 Å². The van der Waals surface area contributed by atoms with Crippen molar-refractivity contribution in [3.8, 4) is 0 Å². The number of anilines is 1. The van der Waals surface area contributed by atoms with Crippen molar-refractivity contribution in [3.05, 3.63) is 76.8 Å². The van der Waals surface area contributed by atoms with Gasteiger partial charge in [-0.1, -0.05) is 29.3 Å². The maximum absolute atomic E-state index is 12.5. The van der Waals surface area contributed by atoms with Crippen LogP contribution in [0.5, 0.6) is 0 Å². The molecule has 0 saturated heterocycles. The van der Waals surface area contributed by atoms with Crippen LogP contribution in [0.25, 0.3) is 0 Å². The summed E-state index contributed by atoms with van der Waals surface area (Å²) >= 11 is 11.7. The summed E-state index contributed by atoms with van der Waals surface area (Å²) in [6.07, 6.45) is 6.01. The highest BCUT2D eigenvalue weighted by Crippen LogP contribution is 2.26. The van der Waals surface area contributed by atoms with Crippen LogP contribution in [0.2, 0.25) is 10.0 Å². The summed E-state index contributed by atoms with van der Waals surface area (Å²) in [7, 11) is -3.87. The molecule has 2 aromatic carbocycles. The van der Waals surface area contributed by atoms with Gasteiger partial charge in [-0.05, 0) is 42.8 Å². The zero-order chi connectivity index (χ0) is 20.9. The zero-order valence-corrected chi connectivity index (χ0v) is 17.5. The maximum atomic E-state index is 12.5. The maximum Gasteiger partial charge on any atom is 0.261 e. The second-order valence-corrected chi connectivity index (χ2v) is 8.67. The van der Waals surface area contributed by atoms with Crippen molar-refractivity contribution in [2.75, 3.05) is 11.3 Å². The molecule has 0 aliphatic carbocycles. The van der Waals surface area contributed by atoms with Crippen LogP contribution in [0, 0.1) is 0 Å². The number of hydrogen-bond donors (Lipinski definition) is 2. The Morgan fingerprint density at radius 3 is 2.66 bits per heavy atom. The number of aryl methyl sites for hydroxylation is 1. The molecule has 0 radical (unpaired) electrons. The fourth-order valence-electron chi connectivity index (χ4n) is 2.57. The lowest BCUT2D eigenvalue weighted by atomic mass is 10.2. The number of nitrogens with zero attached hydrogens (tertiary/aromatic N) is 2. The molecular weight excluding hydrogens is 435 g/mol. The molecule has 152 valence electrons. The fraction of sp³-hybridized carbons (Fsp3) is 0.158. The number of amides is 1. The first-order valence-corrected chi connectivity index (χ1v) is 10.9. The summed E-state index contributed by atoms with van der Waals surface area (Å²) in [4.78, 5) is 16.3. The number of halogens is 2. The fourth-order valence-corrected chi connectivity index (χ4v) is 4.00. The summed E-state index contributed by atoms with van der Waals surface area (Å²) in [5.41, 5.74) is 0.615. The van der Waals surface area contributed by atoms with Gasteiger partial charge >= 0.3 is 0 Å². The van der Waals surface area contributed by atoms with Crippen molar-refractivity contribution < 1.29 is 13.2 Å². The van der Waals surface area contributed by atoms with Crippen LogP contribution in [0.1, 0.15) is 16.8 Å². The van der Waals surface area contributed by atoms with Gasteiger partial charge in [-0.3, -0.25) is 9.52 Å². The molecule has 10 heteroatoms. The average molecular weight is 453 g/mol. The smallest absolute Gasteiger partial charge is 0.261 e. The Morgan fingerprint density at radius 2 is 1.93 bits per heavy atom. The average Bonchev–Trinajstić information content (AvgIpc) is 3.20. The minimum atomic E-state index is -3.87. The SMILES string of the molecule is O=C(NCCCn1ccnc1)c1cccc(NS(=O)(=O)c2ccc(Cl)c(Cl)c2)c1. The lowest BCUT2D eigenvalue weighted by Gasteiger charge is -2.11. The largest absolute Gasteiger partial charge is 0.352 e. The Labute approximate surface area is 178 Å². The third-order valence-corrected chi connectivity index (χ3v) is 6.13. The second kappa shape index (κ2) is 9.30. The van der Waals surface area contributed by atoms with E-state index in [9.17, 15) is 13.2 Å². The normalized spacial score (nSPS) is 11.2. The molecule has 0 saturated carbocycles. The molecule has 3 rings (SSSR count). The highest BCUT2D eigenvalue weighted by atomic mass is 35.5. The van der Waals surface area contributed by atoms with Gasteiger partial charge in [0.1, 0.15) is 0 Å². The molecule has 29 heavy (non-hydrogen) atoms. The van der Waals surface area contributed by atoms with E-state index in [0.29, 0.717) is 12.1 Å². The first-order chi connectivity index (χ1) is 13.8. The van der Waals surface area contributed by atoms with Crippen LogP contribution >= 0.6 is 23.2 Å². The van der Waals surface area contributed by atoms with Crippen LogP contribution in [0.15, 0.2) is 66.1 Å². The Balaban J connectivity index is 1.62. The van der Waals surface area contributed by atoms with Gasteiger partial charge in [0.25, 0.3) is 15.9 Å². The van der Waals surface area contributed by atoms with Gasteiger partial charge in [-0.25, -0.2) is 13.4 Å². The van der Waals surface area contributed by atoms with E-state index in [1.165, 1.54) is 24.3 Å². The molecule has 1 amide bonds. The van der Waals surface area contributed by atoms with E-state index in [-0.39, 0.29) is 26.5 Å². The molecule has 0 atom stereocenters. The number of nitrogens with one attached hydrogen (secondary N) is 2. The van der Waals surface area contributed by atoms with Gasteiger partial charge in [-0.2, -0.15) is 0 Å². The molecule has 0 spiro atoms. The molecular formula is C19H18Cl2N4O3S. The highest BCUT2D eigenvalue weighted by Gasteiger charge is 2.16. The third-order valence-electron chi connectivity index (χ3n) is 4.02. The standard InChI is InChI=1S/C19H18Cl2N4O3S/c20-17-6-5-16(12-18(17)21)29(27,28)24-15-4-1-3-14(11-15)19(26)23-7-2-9-25-10-8-22-13-25/h1,3-6,8,10-13,24H,2,7,9H2,(H,23,26). The minimum absolute atomic E-state index is 0.0266. The molecule has 0 unspecified atom stereocenters. The minimum Gasteiger partial charge on any atom is -0.352 e. The van der Waals surface area contributed by atoms with E-state index in [0.717, 1.165) is 13.0 Å². The Kier molecular flexibility index (Phi) is 6.79. The van der Waals surface area contributed by atoms with E-state index in [1.54, 1.807) is 30.7 Å². The molecule has 3 aromatic rings. The lowest BCUT2D eigenvalue weighted by Crippen LogP contribution is -2.25. The highest BCUT2D eigenvalue weighted by molar-refractivity contribution is 7.92. The van der Waals surface area contributed by atoms with Crippen molar-refractivity contribution in [3.63, 3.8) is 0 Å². The number of hydrogen-bond acceptors (Lipinski definition) is 4. The van der Waals surface area contributed by atoms with Crippen molar-refractivity contribution in [1.82, 2.24) is 14.9 Å². The summed E-state index contributed by atoms with van der Waals surface area (Å²) in [6, 6.07) is 10.3. The summed E-state index contributed by atoms with van der Waals surface area (Å²) < 4.78 is 29.5. The van der Waals surface area contributed by atoms with Crippen molar-refractivity contribution >= 4 is 44.8 Å². The molecule has 0 aliphatic heterocycles. The Bertz CT molecular complexity index is 1100. The van der Waals surface area contributed by atoms with E-state index in [2.05, 4.69) is 15.0 Å². The van der Waals surface area contributed by atoms with Gasteiger partial charge in [0.15, 0.2) is 0 Å². The van der Waals surface area contributed by atoms with Crippen LogP contribution in [-0.4, -0.2) is 30.4 Å². The van der Waals surface area contributed by atoms with E-state index >= 15 is 0 Å². The second-order valence-electron chi connectivity index (χ2n) is 6.17. The van der Waals surface area contributed by atoms with Crippen molar-refractivity contribution in [2.24, 2.45) is 0 Å². The Morgan fingerprint density at radius 1 is 1.10 bits per heavy atom. The molecule has 2 N–H and O–H groups in total. The van der Waals surface area contributed by atoms with Crippen LogP contribution in [-0.2, 0) is 16.6 Å². The summed E-state index contributed by atoms with van der Waals surface area (Å²) in [6.45, 7) is 1.22. The van der Waals surface area contributed by atoms with Gasteiger partial charge in [0.05, 0.1) is 21.3 Å². The lowest BCUT2D eigenvalue weighted by molar-refractivity contribution is 0.0952. The van der Waals surface area contributed by atoms with Crippen molar-refractivity contribution in [2.45, 2.75) is 17.9 Å². The molecule has 1 heterocycles. The number of carbonyl (C=O) groups is 1. The van der Waals surface area contributed by atoms with Crippen LogP contribution in [0.3, 0.4) is 0 Å². The number of imidazole rings is 1. The Hall–Kier alpha value is -2.55. The summed E-state index contributed by atoms with van der Waals surface area (Å²) in [5, 5.41) is 3.21. The number of sulfonamides is 1. The molecule has 0 aliphatic rings. The number of carbonyl (C=O) groups excluding carboxylic acids is 1. The summed E-state index contributed by atoms with van der Waals surface area (Å²) in [5.74, 6) is -0.286. The predicted octanol–water partition coefficient (Wildman–Crippen LogP) is 3.81. The zero-order valence-electron chi connectivity index (χ0n) is 15.2. The van der Waals surface area contributed by atoms with E-state index in [1.807, 2.05) is 10.8 Å². The van der Waals surface area contributed by atoms with Crippen molar-refractivity contribution in [1.29, 1.82) is 0 Å². The number of rotatable bonds is 8. The van der Waals surface area contributed by atoms with Gasteiger partial charge in [-0.15, -0.1) is 0 Å². The van der Waals surface area contributed by atoms with E-state index < -0.39 is 10.0 Å². The molecule has 1 aromatic heterocycles. The topological polar surface area (TPSA) is 93.1 Å². The third kappa shape index (κ3) is 5.72. The first kappa shape index (κ1) is 21.2. The first-order valence-electron chi connectivity index (χ1n) is 8.67. The van der Waals surface area contributed by atoms with Crippen LogP contribution in [0.4, 0.5) is 5.69 Å². The quantitative estimate of drug-likeness (QED) is 0.508. The van der Waals surface area contributed by atoms with Gasteiger partial charge < -0.3 is 9.88 Å². The molecule has 7 nitrogen and oxygen atoms in total. The number of benzene rings is 2. The number of aromatic nitrogens is 2. The molecule has 0 bridgehead atoms. The predicted molar refractivity (Wildman–Crippen MR) is 113 cm³/mol. The van der Waals surface area contributed by atoms with Crippen LogP contribution < -0.4 is 10.0 Å². The van der Waals surface area contributed by atoms with Gasteiger partial charge in [0, 0.05) is 36.7 Å². The van der Waals surface area contributed by atoms with E-state index in [4.69, 9.17) is 23.2 Å². The monoisotopic (exact) mass is 452 g/mol.